The predicted molar refractivity (Wildman–Crippen MR) is 56.6 cm³/mol. The summed E-state index contributed by atoms with van der Waals surface area (Å²) in [6, 6.07) is 0.199. The van der Waals surface area contributed by atoms with E-state index in [0.717, 1.165) is 26.0 Å². The summed E-state index contributed by atoms with van der Waals surface area (Å²) < 4.78 is 5.06. The molecule has 0 rings (SSSR count). The van der Waals surface area contributed by atoms with Crippen molar-refractivity contribution in [3.8, 4) is 12.3 Å². The van der Waals surface area contributed by atoms with Crippen molar-refractivity contribution >= 4 is 0 Å². The largest absolute Gasteiger partial charge is 0.384 e. The first-order valence-electron chi connectivity index (χ1n) is 4.93. The maximum Gasteiger partial charge on any atom is 0.0690 e. The highest BCUT2D eigenvalue weighted by Gasteiger charge is 2.09. The van der Waals surface area contributed by atoms with Crippen LogP contribution < -0.4 is 5.32 Å². The van der Waals surface area contributed by atoms with Gasteiger partial charge in [0.15, 0.2) is 0 Å². The Morgan fingerprint density at radius 1 is 1.54 bits per heavy atom. The lowest BCUT2D eigenvalue weighted by atomic mass is 10.0. The first-order chi connectivity index (χ1) is 6.24. The van der Waals surface area contributed by atoms with Crippen molar-refractivity contribution in [2.45, 2.75) is 32.7 Å². The first-order valence-corrected chi connectivity index (χ1v) is 4.93. The third-order valence-corrected chi connectivity index (χ3v) is 1.93. The van der Waals surface area contributed by atoms with Gasteiger partial charge in [0, 0.05) is 13.7 Å². The van der Waals surface area contributed by atoms with Crippen molar-refractivity contribution in [3.63, 3.8) is 0 Å². The number of hydrogen-bond acceptors (Lipinski definition) is 2. The number of nitrogens with one attached hydrogen (secondary N) is 1. The van der Waals surface area contributed by atoms with E-state index in [1.807, 2.05) is 0 Å². The molecular formula is C11H21NO. The van der Waals surface area contributed by atoms with Crippen molar-refractivity contribution in [2.75, 3.05) is 20.3 Å². The number of rotatable bonds is 7. The van der Waals surface area contributed by atoms with Gasteiger partial charge < -0.3 is 10.1 Å². The zero-order chi connectivity index (χ0) is 10.1. The minimum absolute atomic E-state index is 0.199. The highest BCUT2D eigenvalue weighted by atomic mass is 16.5. The second-order valence-corrected chi connectivity index (χ2v) is 3.47. The lowest BCUT2D eigenvalue weighted by molar-refractivity contribution is 0.152. The van der Waals surface area contributed by atoms with E-state index in [1.165, 1.54) is 0 Å². The van der Waals surface area contributed by atoms with Crippen LogP contribution in [-0.2, 0) is 4.74 Å². The SMILES string of the molecule is C#CC(CC(C)COC)NCCC. The van der Waals surface area contributed by atoms with E-state index >= 15 is 0 Å². The summed E-state index contributed by atoms with van der Waals surface area (Å²) in [5.41, 5.74) is 0. The monoisotopic (exact) mass is 183 g/mol. The fraction of sp³-hybridized carbons (Fsp3) is 0.818. The molecule has 76 valence electrons. The molecule has 0 aliphatic carbocycles. The van der Waals surface area contributed by atoms with Gasteiger partial charge in [0.1, 0.15) is 0 Å². The molecule has 0 radical (unpaired) electrons. The van der Waals surface area contributed by atoms with Crippen molar-refractivity contribution in [1.82, 2.24) is 5.32 Å². The van der Waals surface area contributed by atoms with Gasteiger partial charge in [-0.25, -0.2) is 0 Å². The van der Waals surface area contributed by atoms with Gasteiger partial charge in [-0.2, -0.15) is 0 Å². The second-order valence-electron chi connectivity index (χ2n) is 3.47. The molecule has 2 nitrogen and oxygen atoms in total. The number of terminal acetylenes is 1. The minimum Gasteiger partial charge on any atom is -0.384 e. The van der Waals surface area contributed by atoms with Gasteiger partial charge >= 0.3 is 0 Å². The molecule has 0 bridgehead atoms. The Morgan fingerprint density at radius 3 is 2.69 bits per heavy atom. The molecule has 0 aliphatic heterocycles. The van der Waals surface area contributed by atoms with Crippen LogP contribution in [0.25, 0.3) is 0 Å². The summed E-state index contributed by atoms with van der Waals surface area (Å²) in [4.78, 5) is 0. The molecule has 13 heavy (non-hydrogen) atoms. The van der Waals surface area contributed by atoms with Gasteiger partial charge in [-0.15, -0.1) is 6.42 Å². The van der Waals surface area contributed by atoms with Gasteiger partial charge in [-0.05, 0) is 25.3 Å². The normalized spacial score (nSPS) is 14.9. The van der Waals surface area contributed by atoms with Gasteiger partial charge in [-0.3, -0.25) is 0 Å². The van der Waals surface area contributed by atoms with E-state index in [-0.39, 0.29) is 6.04 Å². The lowest BCUT2D eigenvalue weighted by Crippen LogP contribution is -2.30. The molecule has 0 aromatic heterocycles. The van der Waals surface area contributed by atoms with E-state index in [4.69, 9.17) is 11.2 Å². The highest BCUT2D eigenvalue weighted by Crippen LogP contribution is 2.05. The Balaban J connectivity index is 3.64. The van der Waals surface area contributed by atoms with Gasteiger partial charge in [0.25, 0.3) is 0 Å². The third kappa shape index (κ3) is 6.62. The molecule has 2 heteroatoms. The zero-order valence-corrected chi connectivity index (χ0v) is 8.97. The van der Waals surface area contributed by atoms with E-state index in [9.17, 15) is 0 Å². The topological polar surface area (TPSA) is 21.3 Å². The molecule has 0 saturated heterocycles. The Bertz CT molecular complexity index is 151. The van der Waals surface area contributed by atoms with Crippen molar-refractivity contribution in [3.05, 3.63) is 0 Å². The molecule has 0 aromatic rings. The molecule has 2 unspecified atom stereocenters. The Kier molecular flexibility index (Phi) is 7.77. The predicted octanol–water partition coefficient (Wildman–Crippen LogP) is 1.66. The van der Waals surface area contributed by atoms with Crippen LogP contribution in [0.1, 0.15) is 26.7 Å². The van der Waals surface area contributed by atoms with Crippen molar-refractivity contribution in [2.24, 2.45) is 5.92 Å². The molecule has 0 spiro atoms. The Labute approximate surface area is 82.1 Å². The molecule has 0 aliphatic rings. The van der Waals surface area contributed by atoms with E-state index in [1.54, 1.807) is 7.11 Å². The number of methoxy groups -OCH3 is 1. The summed E-state index contributed by atoms with van der Waals surface area (Å²) in [7, 11) is 1.72. The van der Waals surface area contributed by atoms with Crippen LogP contribution in [0.4, 0.5) is 0 Å². The first kappa shape index (κ1) is 12.5. The smallest absolute Gasteiger partial charge is 0.0690 e. The van der Waals surface area contributed by atoms with Crippen LogP contribution in [0.3, 0.4) is 0 Å². The van der Waals surface area contributed by atoms with Crippen LogP contribution in [0.5, 0.6) is 0 Å². The van der Waals surface area contributed by atoms with E-state index in [0.29, 0.717) is 5.92 Å². The van der Waals surface area contributed by atoms with Gasteiger partial charge in [0.2, 0.25) is 0 Å². The fourth-order valence-corrected chi connectivity index (χ4v) is 1.28. The van der Waals surface area contributed by atoms with Crippen molar-refractivity contribution in [1.29, 1.82) is 0 Å². The maximum absolute atomic E-state index is 5.40. The van der Waals surface area contributed by atoms with Crippen LogP contribution in [0.15, 0.2) is 0 Å². The number of hydrogen-bond donors (Lipinski definition) is 1. The molecular weight excluding hydrogens is 162 g/mol. The summed E-state index contributed by atoms with van der Waals surface area (Å²) >= 11 is 0. The second kappa shape index (κ2) is 8.10. The average molecular weight is 183 g/mol. The molecule has 0 aromatic carbocycles. The van der Waals surface area contributed by atoms with E-state index < -0.39 is 0 Å². The maximum atomic E-state index is 5.40. The molecule has 2 atom stereocenters. The Morgan fingerprint density at radius 2 is 2.23 bits per heavy atom. The fourth-order valence-electron chi connectivity index (χ4n) is 1.28. The summed E-state index contributed by atoms with van der Waals surface area (Å²) in [6.07, 6.45) is 7.52. The average Bonchev–Trinajstić information content (AvgIpc) is 2.12. The highest BCUT2D eigenvalue weighted by molar-refractivity contribution is 4.99. The van der Waals surface area contributed by atoms with Crippen molar-refractivity contribution < 1.29 is 4.74 Å². The van der Waals surface area contributed by atoms with Crippen LogP contribution in [0.2, 0.25) is 0 Å². The summed E-state index contributed by atoms with van der Waals surface area (Å²) in [6.45, 7) is 6.07. The van der Waals surface area contributed by atoms with Crippen LogP contribution in [0, 0.1) is 18.3 Å². The molecule has 0 fully saturated rings. The quantitative estimate of drug-likeness (QED) is 0.606. The van der Waals surface area contributed by atoms with E-state index in [2.05, 4.69) is 25.1 Å². The minimum atomic E-state index is 0.199. The van der Waals surface area contributed by atoms with Gasteiger partial charge in [-0.1, -0.05) is 19.8 Å². The molecule has 1 N–H and O–H groups in total. The third-order valence-electron chi connectivity index (χ3n) is 1.93. The lowest BCUT2D eigenvalue weighted by Gasteiger charge is -2.16. The molecule has 0 heterocycles. The van der Waals surface area contributed by atoms with Gasteiger partial charge in [0.05, 0.1) is 6.04 Å². The molecule has 0 saturated carbocycles. The summed E-state index contributed by atoms with van der Waals surface area (Å²) in [5, 5.41) is 3.32. The standard InChI is InChI=1S/C11H21NO/c1-5-7-12-11(6-2)8-10(3)9-13-4/h2,10-12H,5,7-9H2,1,3-4H3. The van der Waals surface area contributed by atoms with Crippen LogP contribution in [-0.4, -0.2) is 26.3 Å². The zero-order valence-electron chi connectivity index (χ0n) is 8.97. The molecule has 0 amide bonds. The Hall–Kier alpha value is -0.520. The number of ether oxygens (including phenoxy) is 1. The van der Waals surface area contributed by atoms with Crippen LogP contribution >= 0.6 is 0 Å². The summed E-state index contributed by atoms with van der Waals surface area (Å²) in [5.74, 6) is 3.28.